The average Bonchev–Trinajstić information content (AvgIpc) is 2.28. The number of ether oxygens (including phenoxy) is 1. The first-order chi connectivity index (χ1) is 7.72. The van der Waals surface area contributed by atoms with Crippen LogP contribution in [0.15, 0.2) is 12.3 Å². The summed E-state index contributed by atoms with van der Waals surface area (Å²) in [6.45, 7) is 5.46. The van der Waals surface area contributed by atoms with Gasteiger partial charge in [-0.2, -0.15) is 0 Å². The number of hydrogen-bond donors (Lipinski definition) is 2. The van der Waals surface area contributed by atoms with Crippen molar-refractivity contribution in [2.24, 2.45) is 0 Å². The van der Waals surface area contributed by atoms with E-state index in [1.807, 2.05) is 13.8 Å². The minimum absolute atomic E-state index is 0.0618. The lowest BCUT2D eigenvalue weighted by Gasteiger charge is -2.08. The summed E-state index contributed by atoms with van der Waals surface area (Å²) in [4.78, 5) is 8.16. The average molecular weight is 225 g/mol. The maximum Gasteiger partial charge on any atom is 0.222 e. The van der Waals surface area contributed by atoms with Gasteiger partial charge in [0.15, 0.2) is 0 Å². The van der Waals surface area contributed by atoms with E-state index in [4.69, 9.17) is 9.84 Å². The molecule has 1 aromatic rings. The highest BCUT2D eigenvalue weighted by Crippen LogP contribution is 2.00. The minimum Gasteiger partial charge on any atom is -0.390 e. The molecule has 0 atom stereocenters. The Hall–Kier alpha value is -1.20. The molecule has 0 aliphatic heterocycles. The monoisotopic (exact) mass is 225 g/mol. The third kappa shape index (κ3) is 5.04. The zero-order valence-corrected chi connectivity index (χ0v) is 9.81. The van der Waals surface area contributed by atoms with Gasteiger partial charge in [-0.05, 0) is 26.3 Å². The van der Waals surface area contributed by atoms with Crippen molar-refractivity contribution in [1.29, 1.82) is 0 Å². The van der Waals surface area contributed by atoms with Gasteiger partial charge in [0.05, 0.1) is 18.4 Å². The lowest BCUT2D eigenvalue weighted by Crippen LogP contribution is -2.11. The zero-order valence-electron chi connectivity index (χ0n) is 9.81. The minimum atomic E-state index is -0.0618. The fraction of sp³-hybridized carbons (Fsp3) is 0.636. The number of rotatable bonds is 7. The summed E-state index contributed by atoms with van der Waals surface area (Å²) in [5.74, 6) is 0.552. The summed E-state index contributed by atoms with van der Waals surface area (Å²) in [5, 5.41) is 12.0. The molecule has 0 unspecified atom stereocenters. The Morgan fingerprint density at radius 2 is 2.31 bits per heavy atom. The molecule has 5 heteroatoms. The zero-order chi connectivity index (χ0) is 11.8. The number of aromatic nitrogens is 2. The highest BCUT2D eigenvalue weighted by Gasteiger charge is 1.98. The second kappa shape index (κ2) is 7.14. The largest absolute Gasteiger partial charge is 0.390 e. The molecular weight excluding hydrogens is 206 g/mol. The smallest absolute Gasteiger partial charge is 0.222 e. The number of hydrogen-bond acceptors (Lipinski definition) is 5. The van der Waals surface area contributed by atoms with Crippen molar-refractivity contribution < 1.29 is 9.84 Å². The van der Waals surface area contributed by atoms with Crippen molar-refractivity contribution in [3.63, 3.8) is 0 Å². The molecule has 90 valence electrons. The molecule has 0 radical (unpaired) electrons. The quantitative estimate of drug-likeness (QED) is 0.682. The van der Waals surface area contributed by atoms with E-state index in [0.717, 1.165) is 19.6 Å². The van der Waals surface area contributed by atoms with Crippen LogP contribution in [0.5, 0.6) is 0 Å². The Labute approximate surface area is 95.9 Å². The second-order valence-electron chi connectivity index (χ2n) is 3.73. The first-order valence-corrected chi connectivity index (χ1v) is 5.50. The molecule has 1 rings (SSSR count). The highest BCUT2D eigenvalue weighted by atomic mass is 16.5. The van der Waals surface area contributed by atoms with Crippen LogP contribution in [0.1, 0.15) is 26.0 Å². The molecule has 0 bridgehead atoms. The van der Waals surface area contributed by atoms with E-state index in [1.54, 1.807) is 12.3 Å². The number of anilines is 1. The van der Waals surface area contributed by atoms with Crippen LogP contribution in [-0.2, 0) is 11.3 Å². The van der Waals surface area contributed by atoms with Crippen molar-refractivity contribution in [2.75, 3.05) is 18.5 Å². The van der Waals surface area contributed by atoms with Crippen LogP contribution in [0.4, 0.5) is 5.95 Å². The first kappa shape index (κ1) is 12.9. The van der Waals surface area contributed by atoms with E-state index in [2.05, 4.69) is 15.3 Å². The molecule has 0 amide bonds. The predicted molar refractivity (Wildman–Crippen MR) is 62.1 cm³/mol. The van der Waals surface area contributed by atoms with Crippen LogP contribution < -0.4 is 5.32 Å². The SMILES string of the molecule is CC(C)OCCCNc1nccc(CO)n1. The van der Waals surface area contributed by atoms with Gasteiger partial charge in [0.1, 0.15) is 0 Å². The molecule has 2 N–H and O–H groups in total. The number of aliphatic hydroxyl groups excluding tert-OH is 1. The van der Waals surface area contributed by atoms with E-state index < -0.39 is 0 Å². The maximum absolute atomic E-state index is 8.89. The van der Waals surface area contributed by atoms with Crippen molar-refractivity contribution in [1.82, 2.24) is 9.97 Å². The molecule has 1 aromatic heterocycles. The van der Waals surface area contributed by atoms with E-state index >= 15 is 0 Å². The molecule has 5 nitrogen and oxygen atoms in total. The Morgan fingerprint density at radius 1 is 1.50 bits per heavy atom. The van der Waals surface area contributed by atoms with Crippen molar-refractivity contribution in [3.8, 4) is 0 Å². The van der Waals surface area contributed by atoms with Crippen LogP contribution >= 0.6 is 0 Å². The van der Waals surface area contributed by atoms with Crippen LogP contribution in [0.2, 0.25) is 0 Å². The molecule has 0 spiro atoms. The van der Waals surface area contributed by atoms with E-state index in [9.17, 15) is 0 Å². The third-order valence-electron chi connectivity index (χ3n) is 1.93. The summed E-state index contributed by atoms with van der Waals surface area (Å²) in [7, 11) is 0. The van der Waals surface area contributed by atoms with E-state index in [0.29, 0.717) is 11.6 Å². The normalized spacial score (nSPS) is 10.8. The highest BCUT2D eigenvalue weighted by molar-refractivity contribution is 5.24. The van der Waals surface area contributed by atoms with Gasteiger partial charge in [-0.1, -0.05) is 0 Å². The molecule has 0 aliphatic carbocycles. The summed E-state index contributed by atoms with van der Waals surface area (Å²) < 4.78 is 5.40. The first-order valence-electron chi connectivity index (χ1n) is 5.50. The van der Waals surface area contributed by atoms with Gasteiger partial charge < -0.3 is 15.2 Å². The Bertz CT molecular complexity index is 305. The third-order valence-corrected chi connectivity index (χ3v) is 1.93. The number of aliphatic hydroxyl groups is 1. The summed E-state index contributed by atoms with van der Waals surface area (Å²) in [5.41, 5.74) is 0.621. The van der Waals surface area contributed by atoms with Gasteiger partial charge in [0.2, 0.25) is 5.95 Å². The van der Waals surface area contributed by atoms with Crippen LogP contribution in [0.25, 0.3) is 0 Å². The molecule has 0 saturated heterocycles. The molecule has 0 fully saturated rings. The van der Waals surface area contributed by atoms with Gasteiger partial charge in [-0.3, -0.25) is 0 Å². The fourth-order valence-electron chi connectivity index (χ4n) is 1.16. The molecule has 0 saturated carbocycles. The summed E-state index contributed by atoms with van der Waals surface area (Å²) >= 11 is 0. The van der Waals surface area contributed by atoms with Gasteiger partial charge >= 0.3 is 0 Å². The maximum atomic E-state index is 8.89. The second-order valence-corrected chi connectivity index (χ2v) is 3.73. The lowest BCUT2D eigenvalue weighted by molar-refractivity contribution is 0.0787. The standard InChI is InChI=1S/C11H19N3O2/c1-9(2)16-7-3-5-12-11-13-6-4-10(8-15)14-11/h4,6,9,15H,3,5,7-8H2,1-2H3,(H,12,13,14). The fourth-order valence-corrected chi connectivity index (χ4v) is 1.16. The number of nitrogens with one attached hydrogen (secondary N) is 1. The molecule has 0 aromatic carbocycles. The molecular formula is C11H19N3O2. The van der Waals surface area contributed by atoms with Crippen LogP contribution in [-0.4, -0.2) is 34.3 Å². The van der Waals surface area contributed by atoms with Gasteiger partial charge in [0, 0.05) is 19.3 Å². The Balaban J connectivity index is 2.21. The van der Waals surface area contributed by atoms with Crippen LogP contribution in [0.3, 0.4) is 0 Å². The van der Waals surface area contributed by atoms with Gasteiger partial charge in [0.25, 0.3) is 0 Å². The lowest BCUT2D eigenvalue weighted by atomic mass is 10.4. The van der Waals surface area contributed by atoms with Gasteiger partial charge in [-0.25, -0.2) is 9.97 Å². The van der Waals surface area contributed by atoms with Crippen molar-refractivity contribution in [3.05, 3.63) is 18.0 Å². The Morgan fingerprint density at radius 3 is 3.00 bits per heavy atom. The number of nitrogens with zero attached hydrogens (tertiary/aromatic N) is 2. The van der Waals surface area contributed by atoms with Crippen molar-refractivity contribution >= 4 is 5.95 Å². The van der Waals surface area contributed by atoms with Gasteiger partial charge in [-0.15, -0.1) is 0 Å². The molecule has 16 heavy (non-hydrogen) atoms. The topological polar surface area (TPSA) is 67.3 Å². The van der Waals surface area contributed by atoms with E-state index in [1.165, 1.54) is 0 Å². The summed E-state index contributed by atoms with van der Waals surface area (Å²) in [6.07, 6.45) is 2.81. The molecule has 0 aliphatic rings. The Kier molecular flexibility index (Phi) is 5.74. The predicted octanol–water partition coefficient (Wildman–Crippen LogP) is 1.20. The van der Waals surface area contributed by atoms with Crippen LogP contribution in [0, 0.1) is 0 Å². The van der Waals surface area contributed by atoms with Crippen molar-refractivity contribution in [2.45, 2.75) is 33.0 Å². The summed E-state index contributed by atoms with van der Waals surface area (Å²) in [6, 6.07) is 1.69. The van der Waals surface area contributed by atoms with E-state index in [-0.39, 0.29) is 12.7 Å². The molecule has 1 heterocycles.